The lowest BCUT2D eigenvalue weighted by atomic mass is 10.0. The van der Waals surface area contributed by atoms with Gasteiger partial charge in [0.05, 0.1) is 25.9 Å². The van der Waals surface area contributed by atoms with Gasteiger partial charge in [0.15, 0.2) is 5.96 Å². The average Bonchev–Trinajstić information content (AvgIpc) is 2.66. The van der Waals surface area contributed by atoms with E-state index in [0.29, 0.717) is 26.3 Å². The minimum absolute atomic E-state index is 0.134. The van der Waals surface area contributed by atoms with Crippen LogP contribution < -0.4 is 10.6 Å². The van der Waals surface area contributed by atoms with Crippen molar-refractivity contribution in [2.75, 3.05) is 59.7 Å². The molecule has 140 valence electrons. The van der Waals surface area contributed by atoms with E-state index in [2.05, 4.69) is 20.5 Å². The molecule has 0 bridgehead atoms. The molecule has 0 aromatic heterocycles. The van der Waals surface area contributed by atoms with Gasteiger partial charge in [0.25, 0.3) is 0 Å². The number of nitrogens with zero attached hydrogens (tertiary/aromatic N) is 2. The van der Waals surface area contributed by atoms with Gasteiger partial charge < -0.3 is 20.1 Å². The molecule has 0 saturated carbocycles. The summed E-state index contributed by atoms with van der Waals surface area (Å²) in [6, 6.07) is 6.86. The number of aliphatic imine (C=N–C) groups is 1. The summed E-state index contributed by atoms with van der Waals surface area (Å²) in [6.07, 6.45) is 0. The Kier molecular flexibility index (Phi) is 8.65. The standard InChI is InChI=1S/C18H29FN4O2/c1-3-24-11-8-21-18(20-2)22-14-17(23-9-12-25-13-10-23)15-4-6-16(19)7-5-15/h4-7,17H,3,8-14H2,1-2H3,(H2,20,21,22). The summed E-state index contributed by atoms with van der Waals surface area (Å²) in [5, 5.41) is 6.60. The molecule has 0 aliphatic carbocycles. The summed E-state index contributed by atoms with van der Waals surface area (Å²) in [4.78, 5) is 6.60. The van der Waals surface area contributed by atoms with Gasteiger partial charge in [-0.05, 0) is 24.6 Å². The molecule has 1 atom stereocenters. The second-order valence-electron chi connectivity index (χ2n) is 5.79. The number of morpholine rings is 1. The van der Waals surface area contributed by atoms with Crippen molar-refractivity contribution in [1.29, 1.82) is 0 Å². The van der Waals surface area contributed by atoms with Gasteiger partial charge in [-0.2, -0.15) is 0 Å². The van der Waals surface area contributed by atoms with Crippen molar-refractivity contribution in [3.05, 3.63) is 35.6 Å². The van der Waals surface area contributed by atoms with Crippen LogP contribution >= 0.6 is 0 Å². The maximum Gasteiger partial charge on any atom is 0.191 e. The Hall–Kier alpha value is -1.70. The number of hydrogen-bond donors (Lipinski definition) is 2. The second kappa shape index (κ2) is 11.0. The molecule has 2 N–H and O–H groups in total. The molecule has 25 heavy (non-hydrogen) atoms. The molecule has 1 unspecified atom stereocenters. The van der Waals surface area contributed by atoms with Crippen LogP contribution in [0.5, 0.6) is 0 Å². The highest BCUT2D eigenvalue weighted by molar-refractivity contribution is 5.79. The highest BCUT2D eigenvalue weighted by Crippen LogP contribution is 2.21. The first kappa shape index (κ1) is 19.6. The Labute approximate surface area is 149 Å². The zero-order valence-electron chi connectivity index (χ0n) is 15.1. The van der Waals surface area contributed by atoms with Gasteiger partial charge in [0, 0.05) is 39.8 Å². The van der Waals surface area contributed by atoms with Gasteiger partial charge in [0.1, 0.15) is 5.82 Å². The fourth-order valence-corrected chi connectivity index (χ4v) is 2.83. The van der Waals surface area contributed by atoms with E-state index >= 15 is 0 Å². The lowest BCUT2D eigenvalue weighted by Crippen LogP contribution is -2.46. The Morgan fingerprint density at radius 3 is 2.64 bits per heavy atom. The first-order chi connectivity index (χ1) is 12.2. The summed E-state index contributed by atoms with van der Waals surface area (Å²) in [5.74, 6) is 0.519. The van der Waals surface area contributed by atoms with Crippen LogP contribution in [0.2, 0.25) is 0 Å². The molecule has 1 aliphatic rings. The maximum absolute atomic E-state index is 13.3. The minimum Gasteiger partial charge on any atom is -0.380 e. The van der Waals surface area contributed by atoms with E-state index in [0.717, 1.165) is 37.8 Å². The molecular weight excluding hydrogens is 323 g/mol. The molecular formula is C18H29FN4O2. The van der Waals surface area contributed by atoms with Gasteiger partial charge in [-0.1, -0.05) is 12.1 Å². The van der Waals surface area contributed by atoms with Gasteiger partial charge in [0.2, 0.25) is 0 Å². The lowest BCUT2D eigenvalue weighted by molar-refractivity contribution is 0.0170. The van der Waals surface area contributed by atoms with Gasteiger partial charge in [-0.25, -0.2) is 4.39 Å². The molecule has 1 saturated heterocycles. The Morgan fingerprint density at radius 1 is 1.28 bits per heavy atom. The average molecular weight is 352 g/mol. The SMILES string of the molecule is CCOCCNC(=NC)NCC(c1ccc(F)cc1)N1CCOCC1. The van der Waals surface area contributed by atoms with E-state index in [9.17, 15) is 4.39 Å². The minimum atomic E-state index is -0.217. The number of benzene rings is 1. The summed E-state index contributed by atoms with van der Waals surface area (Å²) in [5.41, 5.74) is 1.08. The number of rotatable bonds is 8. The van der Waals surface area contributed by atoms with E-state index in [-0.39, 0.29) is 11.9 Å². The quantitative estimate of drug-likeness (QED) is 0.421. The fourth-order valence-electron chi connectivity index (χ4n) is 2.83. The largest absolute Gasteiger partial charge is 0.380 e. The van der Waals surface area contributed by atoms with Crippen molar-refractivity contribution in [2.24, 2.45) is 4.99 Å². The maximum atomic E-state index is 13.3. The smallest absolute Gasteiger partial charge is 0.191 e. The van der Waals surface area contributed by atoms with Gasteiger partial charge in [-0.15, -0.1) is 0 Å². The van der Waals surface area contributed by atoms with E-state index in [1.165, 1.54) is 12.1 Å². The van der Waals surface area contributed by atoms with E-state index in [1.54, 1.807) is 7.05 Å². The van der Waals surface area contributed by atoms with E-state index in [4.69, 9.17) is 9.47 Å². The van der Waals surface area contributed by atoms with E-state index < -0.39 is 0 Å². The van der Waals surface area contributed by atoms with Crippen molar-refractivity contribution in [3.8, 4) is 0 Å². The van der Waals surface area contributed by atoms with Crippen LogP contribution in [0.4, 0.5) is 4.39 Å². The summed E-state index contributed by atoms with van der Waals surface area (Å²) < 4.78 is 24.1. The molecule has 2 rings (SSSR count). The fraction of sp³-hybridized carbons (Fsp3) is 0.611. The highest BCUT2D eigenvalue weighted by atomic mass is 19.1. The van der Waals surface area contributed by atoms with Crippen molar-refractivity contribution < 1.29 is 13.9 Å². The van der Waals surface area contributed by atoms with Crippen molar-refractivity contribution in [2.45, 2.75) is 13.0 Å². The van der Waals surface area contributed by atoms with Crippen molar-refractivity contribution >= 4 is 5.96 Å². The number of guanidine groups is 1. The van der Waals surface area contributed by atoms with Crippen LogP contribution in [0.15, 0.2) is 29.3 Å². The lowest BCUT2D eigenvalue weighted by Gasteiger charge is -2.35. The predicted octanol–water partition coefficient (Wildman–Crippen LogP) is 1.40. The molecule has 0 radical (unpaired) electrons. The summed E-state index contributed by atoms with van der Waals surface area (Å²) in [6.45, 7) is 7.87. The number of nitrogens with one attached hydrogen (secondary N) is 2. The van der Waals surface area contributed by atoms with Gasteiger partial charge in [-0.3, -0.25) is 9.89 Å². The topological polar surface area (TPSA) is 58.1 Å². The molecule has 1 aromatic rings. The molecule has 1 aliphatic heterocycles. The van der Waals surface area contributed by atoms with Crippen LogP contribution in [-0.2, 0) is 9.47 Å². The molecule has 1 fully saturated rings. The van der Waals surface area contributed by atoms with Crippen LogP contribution in [0.25, 0.3) is 0 Å². The third-order valence-corrected chi connectivity index (χ3v) is 4.17. The zero-order chi connectivity index (χ0) is 17.9. The first-order valence-electron chi connectivity index (χ1n) is 8.84. The third-order valence-electron chi connectivity index (χ3n) is 4.17. The van der Waals surface area contributed by atoms with Crippen LogP contribution in [0.3, 0.4) is 0 Å². The molecule has 7 heteroatoms. The highest BCUT2D eigenvalue weighted by Gasteiger charge is 2.22. The van der Waals surface area contributed by atoms with Crippen molar-refractivity contribution in [3.63, 3.8) is 0 Å². The van der Waals surface area contributed by atoms with E-state index in [1.807, 2.05) is 19.1 Å². The molecule has 0 spiro atoms. The predicted molar refractivity (Wildman–Crippen MR) is 97.4 cm³/mol. The number of halogens is 1. The van der Waals surface area contributed by atoms with Crippen molar-refractivity contribution in [1.82, 2.24) is 15.5 Å². The normalized spacial score (nSPS) is 17.3. The first-order valence-corrected chi connectivity index (χ1v) is 8.84. The summed E-state index contributed by atoms with van der Waals surface area (Å²) >= 11 is 0. The Bertz CT molecular complexity index is 518. The molecule has 1 heterocycles. The Morgan fingerprint density at radius 2 is 2.00 bits per heavy atom. The summed E-state index contributed by atoms with van der Waals surface area (Å²) in [7, 11) is 1.75. The van der Waals surface area contributed by atoms with Crippen LogP contribution in [0.1, 0.15) is 18.5 Å². The van der Waals surface area contributed by atoms with Gasteiger partial charge >= 0.3 is 0 Å². The molecule has 6 nitrogen and oxygen atoms in total. The molecule has 0 amide bonds. The zero-order valence-corrected chi connectivity index (χ0v) is 15.1. The number of ether oxygens (including phenoxy) is 2. The second-order valence-corrected chi connectivity index (χ2v) is 5.79. The molecule has 1 aromatic carbocycles. The number of hydrogen-bond acceptors (Lipinski definition) is 4. The van der Waals surface area contributed by atoms with Crippen LogP contribution in [0, 0.1) is 5.82 Å². The monoisotopic (exact) mass is 352 g/mol. The van der Waals surface area contributed by atoms with Crippen LogP contribution in [-0.4, -0.2) is 70.5 Å². The third kappa shape index (κ3) is 6.61. The Balaban J connectivity index is 1.96.